The molecule has 1 fully saturated rings. The van der Waals surface area contributed by atoms with E-state index in [2.05, 4.69) is 5.32 Å². The first-order chi connectivity index (χ1) is 13.7. The second-order valence-electron chi connectivity index (χ2n) is 8.29. The molecule has 1 N–H and O–H groups in total. The van der Waals surface area contributed by atoms with E-state index in [0.717, 1.165) is 0 Å². The number of likely N-dealkylation sites (tertiary alicyclic amines) is 1. The Morgan fingerprint density at radius 3 is 2.31 bits per heavy atom. The average molecular weight is 400 g/mol. The molecule has 0 saturated carbocycles. The molecule has 156 valence electrons. The topological polar surface area (TPSA) is 90.0 Å². The largest absolute Gasteiger partial charge is 0.349 e. The minimum atomic E-state index is -0.344. The summed E-state index contributed by atoms with van der Waals surface area (Å²) in [6.45, 7) is 5.42. The Bertz CT molecular complexity index is 841. The maximum Gasteiger partial charge on any atom is 0.319 e. The number of piperidine rings is 1. The second-order valence-corrected chi connectivity index (χ2v) is 8.29. The molecule has 3 rings (SSSR count). The summed E-state index contributed by atoms with van der Waals surface area (Å²) in [6.07, 6.45) is 1.35. The third-order valence-corrected chi connectivity index (χ3v) is 5.26. The zero-order valence-electron chi connectivity index (χ0n) is 17.4. The first-order valence-corrected chi connectivity index (χ1v) is 9.96. The predicted octanol–water partition coefficient (Wildman–Crippen LogP) is 1.81. The van der Waals surface area contributed by atoms with Crippen molar-refractivity contribution in [2.45, 2.75) is 32.7 Å². The maximum atomic E-state index is 12.7. The third-order valence-electron chi connectivity index (χ3n) is 5.26. The molecule has 0 radical (unpaired) electrons. The van der Waals surface area contributed by atoms with Crippen molar-refractivity contribution in [3.8, 4) is 0 Å². The van der Waals surface area contributed by atoms with E-state index >= 15 is 0 Å². The number of rotatable bonds is 4. The standard InChI is InChI=1S/C21H28N4O4/c1-13(2)12-25-19(27)16-6-5-14(11-17(16)20(25)28)18(26)22-15-7-9-24(10-8-15)21(29)23(3)4/h5-6,11,13,15H,7-10,12H2,1-4H3,(H,22,26). The lowest BCUT2D eigenvalue weighted by Gasteiger charge is -2.33. The molecule has 1 aromatic rings. The molecule has 1 aromatic carbocycles. The molecule has 2 heterocycles. The quantitative estimate of drug-likeness (QED) is 0.781. The minimum absolute atomic E-state index is 0.0254. The Hall–Kier alpha value is -2.90. The minimum Gasteiger partial charge on any atom is -0.349 e. The van der Waals surface area contributed by atoms with Crippen LogP contribution < -0.4 is 5.32 Å². The summed E-state index contributed by atoms with van der Waals surface area (Å²) < 4.78 is 0. The van der Waals surface area contributed by atoms with Gasteiger partial charge in [-0.3, -0.25) is 19.3 Å². The van der Waals surface area contributed by atoms with E-state index in [-0.39, 0.29) is 41.3 Å². The fourth-order valence-electron chi connectivity index (χ4n) is 3.73. The van der Waals surface area contributed by atoms with Gasteiger partial charge in [0.1, 0.15) is 0 Å². The highest BCUT2D eigenvalue weighted by Crippen LogP contribution is 2.25. The van der Waals surface area contributed by atoms with Gasteiger partial charge in [-0.15, -0.1) is 0 Å². The third kappa shape index (κ3) is 4.26. The molecule has 29 heavy (non-hydrogen) atoms. The van der Waals surface area contributed by atoms with E-state index in [1.54, 1.807) is 36.0 Å². The smallest absolute Gasteiger partial charge is 0.319 e. The van der Waals surface area contributed by atoms with Gasteiger partial charge >= 0.3 is 6.03 Å². The summed E-state index contributed by atoms with van der Waals surface area (Å²) in [6, 6.07) is 4.60. The van der Waals surface area contributed by atoms with Gasteiger partial charge in [-0.2, -0.15) is 0 Å². The van der Waals surface area contributed by atoms with Crippen LogP contribution in [0.25, 0.3) is 0 Å². The maximum absolute atomic E-state index is 12.7. The molecule has 8 nitrogen and oxygen atoms in total. The van der Waals surface area contributed by atoms with Gasteiger partial charge in [-0.1, -0.05) is 13.8 Å². The van der Waals surface area contributed by atoms with E-state index in [4.69, 9.17) is 0 Å². The first kappa shape index (κ1) is 20.8. The highest BCUT2D eigenvalue weighted by molar-refractivity contribution is 6.22. The van der Waals surface area contributed by atoms with Crippen molar-refractivity contribution in [1.29, 1.82) is 0 Å². The van der Waals surface area contributed by atoms with E-state index < -0.39 is 0 Å². The summed E-state index contributed by atoms with van der Waals surface area (Å²) in [5.41, 5.74) is 1.00. The fraction of sp³-hybridized carbons (Fsp3) is 0.524. The molecule has 2 aliphatic heterocycles. The number of amides is 5. The number of carbonyl (C=O) groups excluding carboxylic acids is 4. The Balaban J connectivity index is 1.64. The van der Waals surface area contributed by atoms with Crippen molar-refractivity contribution < 1.29 is 19.2 Å². The average Bonchev–Trinajstić information content (AvgIpc) is 2.92. The van der Waals surface area contributed by atoms with Gasteiger partial charge in [-0.25, -0.2) is 4.79 Å². The molecule has 0 spiro atoms. The summed E-state index contributed by atoms with van der Waals surface area (Å²) in [7, 11) is 3.44. The van der Waals surface area contributed by atoms with Gasteiger partial charge in [0.25, 0.3) is 17.7 Å². The molecule has 1 saturated heterocycles. The Morgan fingerprint density at radius 1 is 1.10 bits per heavy atom. The van der Waals surface area contributed by atoms with Crippen LogP contribution in [0.2, 0.25) is 0 Å². The van der Waals surface area contributed by atoms with Crippen molar-refractivity contribution in [3.05, 3.63) is 34.9 Å². The number of benzene rings is 1. The Morgan fingerprint density at radius 2 is 1.72 bits per heavy atom. The first-order valence-electron chi connectivity index (χ1n) is 9.96. The predicted molar refractivity (Wildman–Crippen MR) is 108 cm³/mol. The van der Waals surface area contributed by atoms with Crippen molar-refractivity contribution in [1.82, 2.24) is 20.0 Å². The van der Waals surface area contributed by atoms with Crippen LogP contribution in [0.3, 0.4) is 0 Å². The molecule has 5 amide bonds. The molecule has 0 atom stereocenters. The number of imide groups is 1. The zero-order valence-corrected chi connectivity index (χ0v) is 17.4. The van der Waals surface area contributed by atoms with Gasteiger partial charge in [0.15, 0.2) is 0 Å². The van der Waals surface area contributed by atoms with E-state index in [1.807, 2.05) is 13.8 Å². The lowest BCUT2D eigenvalue weighted by molar-refractivity contribution is 0.0636. The monoisotopic (exact) mass is 400 g/mol. The summed E-state index contributed by atoms with van der Waals surface area (Å²) in [5.74, 6) is -0.745. The lowest BCUT2D eigenvalue weighted by atomic mass is 10.0. The van der Waals surface area contributed by atoms with Crippen LogP contribution in [0.5, 0.6) is 0 Å². The van der Waals surface area contributed by atoms with Gasteiger partial charge in [0.2, 0.25) is 0 Å². The number of carbonyl (C=O) groups is 4. The summed E-state index contributed by atoms with van der Waals surface area (Å²) in [5, 5.41) is 2.98. The van der Waals surface area contributed by atoms with Gasteiger partial charge in [0.05, 0.1) is 11.1 Å². The number of fused-ring (bicyclic) bond motifs is 1. The molecular weight excluding hydrogens is 372 g/mol. The molecule has 0 unspecified atom stereocenters. The van der Waals surface area contributed by atoms with Crippen molar-refractivity contribution in [2.24, 2.45) is 5.92 Å². The fourth-order valence-corrected chi connectivity index (χ4v) is 3.73. The second kappa shape index (κ2) is 8.23. The molecule has 2 aliphatic rings. The SMILES string of the molecule is CC(C)CN1C(=O)c2ccc(C(=O)NC3CCN(C(=O)N(C)C)CC3)cc2C1=O. The number of hydrogen-bond donors (Lipinski definition) is 1. The molecule has 0 aliphatic carbocycles. The molecular formula is C21H28N4O4. The van der Waals surface area contributed by atoms with E-state index in [9.17, 15) is 19.2 Å². The van der Waals surface area contributed by atoms with Crippen LogP contribution >= 0.6 is 0 Å². The highest BCUT2D eigenvalue weighted by Gasteiger charge is 2.36. The molecule has 8 heteroatoms. The Kier molecular flexibility index (Phi) is 5.91. The highest BCUT2D eigenvalue weighted by atomic mass is 16.2. The zero-order chi connectivity index (χ0) is 21.3. The van der Waals surface area contributed by atoms with Crippen molar-refractivity contribution >= 4 is 23.8 Å². The Labute approximate surface area is 170 Å². The van der Waals surface area contributed by atoms with Gasteiger partial charge in [0, 0.05) is 45.3 Å². The van der Waals surface area contributed by atoms with Crippen LogP contribution in [-0.4, -0.2) is 78.2 Å². The van der Waals surface area contributed by atoms with Crippen LogP contribution in [0, 0.1) is 5.92 Å². The lowest BCUT2D eigenvalue weighted by Crippen LogP contribution is -2.49. The summed E-state index contributed by atoms with van der Waals surface area (Å²) in [4.78, 5) is 54.3. The molecule has 0 bridgehead atoms. The number of nitrogens with one attached hydrogen (secondary N) is 1. The van der Waals surface area contributed by atoms with Crippen molar-refractivity contribution in [2.75, 3.05) is 33.7 Å². The summed E-state index contributed by atoms with van der Waals surface area (Å²) >= 11 is 0. The van der Waals surface area contributed by atoms with Crippen LogP contribution in [0.15, 0.2) is 18.2 Å². The number of hydrogen-bond acceptors (Lipinski definition) is 4. The number of nitrogens with zero attached hydrogens (tertiary/aromatic N) is 3. The molecule has 0 aromatic heterocycles. The van der Waals surface area contributed by atoms with Gasteiger partial charge in [-0.05, 0) is 37.0 Å². The van der Waals surface area contributed by atoms with Crippen LogP contribution in [0.4, 0.5) is 4.79 Å². The van der Waals surface area contributed by atoms with Crippen LogP contribution in [-0.2, 0) is 0 Å². The van der Waals surface area contributed by atoms with Crippen LogP contribution in [0.1, 0.15) is 57.8 Å². The van der Waals surface area contributed by atoms with Gasteiger partial charge < -0.3 is 15.1 Å². The normalized spacial score (nSPS) is 17.0. The van der Waals surface area contributed by atoms with E-state index in [0.29, 0.717) is 43.6 Å². The number of urea groups is 1. The van der Waals surface area contributed by atoms with E-state index in [1.165, 1.54) is 11.0 Å². The van der Waals surface area contributed by atoms with Crippen molar-refractivity contribution in [3.63, 3.8) is 0 Å².